The van der Waals surface area contributed by atoms with Gasteiger partial charge in [-0.05, 0) is 60.9 Å². The molecule has 2 aromatic rings. The molecule has 0 aromatic carbocycles. The molecule has 0 fully saturated rings. The van der Waals surface area contributed by atoms with Crippen molar-refractivity contribution >= 4 is 5.91 Å². The lowest BCUT2D eigenvalue weighted by Gasteiger charge is -2.27. The lowest BCUT2D eigenvalue weighted by molar-refractivity contribution is 0.0997. The van der Waals surface area contributed by atoms with E-state index < -0.39 is 5.91 Å². The van der Waals surface area contributed by atoms with Crippen molar-refractivity contribution in [2.45, 2.75) is 32.1 Å². The number of pyridine rings is 2. The molecule has 108 valence electrons. The first-order valence-corrected chi connectivity index (χ1v) is 7.02. The van der Waals surface area contributed by atoms with E-state index in [0.717, 1.165) is 29.7 Å². The van der Waals surface area contributed by atoms with Crippen LogP contribution in [-0.4, -0.2) is 15.9 Å². The Hall–Kier alpha value is -2.43. The molecule has 5 nitrogen and oxygen atoms in total. The second kappa shape index (κ2) is 5.16. The van der Waals surface area contributed by atoms with Crippen LogP contribution in [0.5, 0.6) is 0 Å². The Balaban J connectivity index is 2.06. The Bertz CT molecular complexity index is 750. The van der Waals surface area contributed by atoms with E-state index in [1.54, 1.807) is 12.4 Å². The SMILES string of the molecule is Cc1[nH]c(=O)c(C(N)=O)c2c1CC(c1ccncc1)CC2. The van der Waals surface area contributed by atoms with Crippen LogP contribution in [-0.2, 0) is 12.8 Å². The van der Waals surface area contributed by atoms with Crippen molar-refractivity contribution in [3.63, 3.8) is 0 Å². The Morgan fingerprint density at radius 3 is 2.71 bits per heavy atom. The van der Waals surface area contributed by atoms with Crippen molar-refractivity contribution in [3.8, 4) is 0 Å². The van der Waals surface area contributed by atoms with Crippen LogP contribution in [0.15, 0.2) is 29.3 Å². The summed E-state index contributed by atoms with van der Waals surface area (Å²) in [5.74, 6) is -0.263. The zero-order chi connectivity index (χ0) is 15.0. The van der Waals surface area contributed by atoms with Crippen LogP contribution in [0, 0.1) is 6.92 Å². The highest BCUT2D eigenvalue weighted by Crippen LogP contribution is 2.34. The van der Waals surface area contributed by atoms with Gasteiger partial charge in [0.2, 0.25) is 0 Å². The van der Waals surface area contributed by atoms with Crippen LogP contribution in [0.4, 0.5) is 0 Å². The summed E-state index contributed by atoms with van der Waals surface area (Å²) in [6, 6.07) is 4.04. The smallest absolute Gasteiger partial charge is 0.261 e. The predicted molar refractivity (Wildman–Crippen MR) is 79.3 cm³/mol. The van der Waals surface area contributed by atoms with Gasteiger partial charge in [0.15, 0.2) is 0 Å². The largest absolute Gasteiger partial charge is 0.365 e. The van der Waals surface area contributed by atoms with Gasteiger partial charge in [0.1, 0.15) is 5.56 Å². The average molecular weight is 283 g/mol. The number of aromatic nitrogens is 2. The number of fused-ring (bicyclic) bond motifs is 1. The molecule has 0 bridgehead atoms. The minimum absolute atomic E-state index is 0.128. The third kappa shape index (κ3) is 2.35. The molecule has 0 spiro atoms. The summed E-state index contributed by atoms with van der Waals surface area (Å²) in [6.07, 6.45) is 5.99. The second-order valence-corrected chi connectivity index (χ2v) is 5.50. The van der Waals surface area contributed by atoms with Gasteiger partial charge in [-0.15, -0.1) is 0 Å². The number of hydrogen-bond donors (Lipinski definition) is 2. The summed E-state index contributed by atoms with van der Waals surface area (Å²) in [7, 11) is 0. The lowest BCUT2D eigenvalue weighted by Crippen LogP contribution is -2.30. The van der Waals surface area contributed by atoms with Crippen LogP contribution in [0.2, 0.25) is 0 Å². The molecule has 0 saturated carbocycles. The molecule has 0 aliphatic heterocycles. The molecule has 3 rings (SSSR count). The van der Waals surface area contributed by atoms with E-state index in [1.165, 1.54) is 5.56 Å². The fourth-order valence-electron chi connectivity index (χ4n) is 3.22. The van der Waals surface area contributed by atoms with Gasteiger partial charge in [0.25, 0.3) is 11.5 Å². The molecule has 5 heteroatoms. The predicted octanol–water partition coefficient (Wildman–Crippen LogP) is 1.45. The zero-order valence-electron chi connectivity index (χ0n) is 11.8. The van der Waals surface area contributed by atoms with Gasteiger partial charge in [-0.2, -0.15) is 0 Å². The highest BCUT2D eigenvalue weighted by atomic mass is 16.2. The molecule has 1 aliphatic carbocycles. The average Bonchev–Trinajstić information content (AvgIpc) is 2.47. The highest BCUT2D eigenvalue weighted by Gasteiger charge is 2.27. The number of aryl methyl sites for hydroxylation is 1. The summed E-state index contributed by atoms with van der Waals surface area (Å²) in [5.41, 5.74) is 9.07. The first kappa shape index (κ1) is 13.5. The van der Waals surface area contributed by atoms with E-state index in [-0.39, 0.29) is 11.1 Å². The number of H-pyrrole nitrogens is 1. The van der Waals surface area contributed by atoms with Crippen molar-refractivity contribution in [3.05, 3.63) is 62.8 Å². The van der Waals surface area contributed by atoms with Crippen LogP contribution in [0.3, 0.4) is 0 Å². The summed E-state index contributed by atoms with van der Waals surface area (Å²) < 4.78 is 0. The maximum absolute atomic E-state index is 11.9. The number of carbonyl (C=O) groups is 1. The van der Waals surface area contributed by atoms with Gasteiger partial charge in [0, 0.05) is 18.1 Å². The van der Waals surface area contributed by atoms with Gasteiger partial charge in [-0.3, -0.25) is 14.6 Å². The second-order valence-electron chi connectivity index (χ2n) is 5.50. The van der Waals surface area contributed by atoms with Gasteiger partial charge in [-0.1, -0.05) is 0 Å². The number of aromatic amines is 1. The number of carbonyl (C=O) groups excluding carboxylic acids is 1. The van der Waals surface area contributed by atoms with Gasteiger partial charge < -0.3 is 10.7 Å². The molecule has 0 radical (unpaired) electrons. The van der Waals surface area contributed by atoms with Gasteiger partial charge >= 0.3 is 0 Å². The standard InChI is InChI=1S/C16H17N3O2/c1-9-13-8-11(10-4-6-18-7-5-10)2-3-12(13)14(15(17)20)16(21)19-9/h4-7,11H,2-3,8H2,1H3,(H2,17,20)(H,19,21). The highest BCUT2D eigenvalue weighted by molar-refractivity contribution is 5.94. The van der Waals surface area contributed by atoms with Crippen LogP contribution in [0.25, 0.3) is 0 Å². The Kier molecular flexibility index (Phi) is 3.33. The van der Waals surface area contributed by atoms with Crippen molar-refractivity contribution in [1.82, 2.24) is 9.97 Å². The van der Waals surface area contributed by atoms with Crippen LogP contribution in [0.1, 0.15) is 45.1 Å². The Morgan fingerprint density at radius 1 is 1.33 bits per heavy atom. The Labute approximate surface area is 122 Å². The summed E-state index contributed by atoms with van der Waals surface area (Å²) in [6.45, 7) is 1.87. The quantitative estimate of drug-likeness (QED) is 0.874. The monoisotopic (exact) mass is 283 g/mol. The molecule has 1 aliphatic rings. The normalized spacial score (nSPS) is 17.3. The molecule has 2 aromatic heterocycles. The fourth-order valence-corrected chi connectivity index (χ4v) is 3.22. The minimum atomic E-state index is -0.644. The third-order valence-corrected chi connectivity index (χ3v) is 4.26. The van der Waals surface area contributed by atoms with E-state index in [9.17, 15) is 9.59 Å². The van der Waals surface area contributed by atoms with E-state index in [2.05, 4.69) is 9.97 Å². The van der Waals surface area contributed by atoms with E-state index in [1.807, 2.05) is 19.1 Å². The first-order chi connectivity index (χ1) is 10.1. The number of nitrogens with two attached hydrogens (primary N) is 1. The van der Waals surface area contributed by atoms with Crippen molar-refractivity contribution in [2.75, 3.05) is 0 Å². The van der Waals surface area contributed by atoms with E-state index in [0.29, 0.717) is 12.3 Å². The summed E-state index contributed by atoms with van der Waals surface area (Å²) in [5, 5.41) is 0. The van der Waals surface area contributed by atoms with Crippen molar-refractivity contribution in [2.24, 2.45) is 5.73 Å². The zero-order valence-corrected chi connectivity index (χ0v) is 11.8. The molecule has 1 amide bonds. The molecule has 21 heavy (non-hydrogen) atoms. The van der Waals surface area contributed by atoms with Crippen molar-refractivity contribution < 1.29 is 4.79 Å². The van der Waals surface area contributed by atoms with Crippen LogP contribution < -0.4 is 11.3 Å². The van der Waals surface area contributed by atoms with Gasteiger partial charge in [0.05, 0.1) is 0 Å². The minimum Gasteiger partial charge on any atom is -0.365 e. The van der Waals surface area contributed by atoms with Crippen molar-refractivity contribution in [1.29, 1.82) is 0 Å². The molecule has 3 N–H and O–H groups in total. The number of hydrogen-bond acceptors (Lipinski definition) is 3. The first-order valence-electron chi connectivity index (χ1n) is 7.02. The lowest BCUT2D eigenvalue weighted by atomic mass is 9.78. The molecular weight excluding hydrogens is 266 g/mol. The van der Waals surface area contributed by atoms with Crippen LogP contribution >= 0.6 is 0 Å². The van der Waals surface area contributed by atoms with E-state index >= 15 is 0 Å². The Morgan fingerprint density at radius 2 is 2.05 bits per heavy atom. The summed E-state index contributed by atoms with van der Waals surface area (Å²) in [4.78, 5) is 30.3. The van der Waals surface area contributed by atoms with Gasteiger partial charge in [-0.25, -0.2) is 0 Å². The fraction of sp³-hybridized carbons (Fsp3) is 0.312. The number of nitrogens with one attached hydrogen (secondary N) is 1. The number of primary amides is 1. The number of amides is 1. The molecule has 2 heterocycles. The maximum atomic E-state index is 11.9. The number of nitrogens with zero attached hydrogens (tertiary/aromatic N) is 1. The number of rotatable bonds is 2. The third-order valence-electron chi connectivity index (χ3n) is 4.26. The summed E-state index contributed by atoms with van der Waals surface area (Å²) >= 11 is 0. The maximum Gasteiger partial charge on any atom is 0.261 e. The topological polar surface area (TPSA) is 88.8 Å². The molecular formula is C16H17N3O2. The van der Waals surface area contributed by atoms with E-state index in [4.69, 9.17) is 5.73 Å². The molecule has 1 unspecified atom stereocenters. The molecule has 0 saturated heterocycles. The molecule has 1 atom stereocenters.